The molecule has 4 aliphatic heterocycles. The summed E-state index contributed by atoms with van der Waals surface area (Å²) in [5.74, 6) is -4.73. The van der Waals surface area contributed by atoms with Crippen LogP contribution in [-0.4, -0.2) is 156 Å². The van der Waals surface area contributed by atoms with Crippen LogP contribution in [0.1, 0.15) is 107 Å². The Kier molecular flexibility index (Phi) is 17.4. The van der Waals surface area contributed by atoms with Gasteiger partial charge in [-0.15, -0.1) is 0 Å². The fraction of sp³-hybridized carbons (Fsp3) is 0.731. The molecule has 16 nitrogen and oxygen atoms in total. The summed E-state index contributed by atoms with van der Waals surface area (Å²) in [4.78, 5) is 48.6. The van der Waals surface area contributed by atoms with Crippen molar-refractivity contribution in [1.82, 2.24) is 9.88 Å². The van der Waals surface area contributed by atoms with Crippen molar-refractivity contribution in [2.75, 3.05) is 34.4 Å². The molecule has 4 fully saturated rings. The van der Waals surface area contributed by atoms with Crippen molar-refractivity contribution in [1.29, 1.82) is 0 Å². The molecule has 4 aliphatic rings. The Hall–Kier alpha value is -3.42. The standard InChI is InChI=1S/C52H78N2O14/c1-15-40-52(11,59)46-30(4)42(56)28(2)23-51(10,62-27-36(26-61-46)21-35-22-37-18-16-17-19-38(37)53-25-35)45(68-49-43(57)39(54(12)13)20-29(3)63-49)31(5)44(32(6)48(58)66-40)67-41-24-50(9,60-14)47(33(7)64-41)65-34(8)55/h16-19,21-22,25,28-33,39-41,43-47,49,57,59H,15,20,23-24,26-27H2,1-14H3/b36-21+/t28-,29-,30+,31+,32-,33+,39+,40-,41?,43?,44+,45-,46-,47+,49+,50-,51-,52-/m1/s1. The molecule has 0 spiro atoms. The lowest BCUT2D eigenvalue weighted by atomic mass is 9.73. The summed E-state index contributed by atoms with van der Waals surface area (Å²) in [5, 5.41) is 25.6. The Morgan fingerprint density at radius 3 is 2.34 bits per heavy atom. The zero-order valence-corrected chi connectivity index (χ0v) is 42.6. The number of hydrogen-bond acceptors (Lipinski definition) is 16. The highest BCUT2D eigenvalue weighted by molar-refractivity contribution is 5.84. The maximum absolute atomic E-state index is 14.9. The van der Waals surface area contributed by atoms with Gasteiger partial charge in [0.1, 0.15) is 29.2 Å². The molecular weight excluding hydrogens is 877 g/mol. The summed E-state index contributed by atoms with van der Waals surface area (Å²) in [6.07, 6.45) is -4.71. The molecule has 5 heterocycles. The Balaban J connectivity index is 1.55. The number of cyclic esters (lactones) is 1. The summed E-state index contributed by atoms with van der Waals surface area (Å²) < 4.78 is 59.1. The van der Waals surface area contributed by atoms with Gasteiger partial charge in [0, 0.05) is 55.8 Å². The molecule has 2 N–H and O–H groups in total. The van der Waals surface area contributed by atoms with Crippen LogP contribution < -0.4 is 0 Å². The molecule has 0 aliphatic carbocycles. The maximum atomic E-state index is 14.9. The highest BCUT2D eigenvalue weighted by Crippen LogP contribution is 2.43. The number of aromatic nitrogens is 1. The van der Waals surface area contributed by atoms with Crippen LogP contribution in [0.25, 0.3) is 17.0 Å². The number of carbonyl (C=O) groups is 3. The number of ether oxygens (including phenoxy) is 9. The first-order valence-corrected chi connectivity index (χ1v) is 24.4. The van der Waals surface area contributed by atoms with E-state index >= 15 is 0 Å². The van der Waals surface area contributed by atoms with Gasteiger partial charge in [-0.05, 0) is 104 Å². The number of Topliss-reactive ketones (excluding diaryl/α,β-unsaturated/α-hetero) is 1. The van der Waals surface area contributed by atoms with E-state index in [1.54, 1.807) is 40.8 Å². The normalized spacial score (nSPS) is 42.0. The largest absolute Gasteiger partial charge is 0.459 e. The van der Waals surface area contributed by atoms with Crippen molar-refractivity contribution in [2.45, 2.75) is 186 Å². The van der Waals surface area contributed by atoms with E-state index in [0.717, 1.165) is 16.5 Å². The molecule has 16 heteroatoms. The minimum atomic E-state index is -1.85. The fourth-order valence-corrected chi connectivity index (χ4v) is 11.2. The van der Waals surface area contributed by atoms with E-state index in [4.69, 9.17) is 47.6 Å². The van der Waals surface area contributed by atoms with E-state index in [2.05, 4.69) is 0 Å². The van der Waals surface area contributed by atoms with Crippen LogP contribution in [0.4, 0.5) is 0 Å². The second-order valence-corrected chi connectivity index (χ2v) is 20.9. The topological polar surface area (TPSA) is 191 Å². The zero-order valence-electron chi connectivity index (χ0n) is 42.6. The Bertz CT molecular complexity index is 2100. The lowest BCUT2D eigenvalue weighted by Gasteiger charge is -2.50. The van der Waals surface area contributed by atoms with Crippen LogP contribution in [0.2, 0.25) is 0 Å². The number of aliphatic hydroxyl groups is 2. The summed E-state index contributed by atoms with van der Waals surface area (Å²) in [5.41, 5.74) is -1.98. The molecule has 0 amide bonds. The number of fused-ring (bicyclic) bond motifs is 6. The van der Waals surface area contributed by atoms with Gasteiger partial charge in [-0.25, -0.2) is 0 Å². The van der Waals surface area contributed by atoms with Gasteiger partial charge in [-0.1, -0.05) is 45.9 Å². The Labute approximate surface area is 402 Å². The predicted octanol–water partition coefficient (Wildman–Crippen LogP) is 6.05. The highest BCUT2D eigenvalue weighted by atomic mass is 16.7. The number of hydrogen-bond donors (Lipinski definition) is 2. The number of para-hydroxylation sites is 1. The fourth-order valence-electron chi connectivity index (χ4n) is 11.2. The molecule has 0 radical (unpaired) electrons. The number of benzene rings is 1. The Morgan fingerprint density at radius 2 is 1.68 bits per heavy atom. The number of methoxy groups -OCH3 is 1. The van der Waals surface area contributed by atoms with Crippen molar-refractivity contribution in [3.63, 3.8) is 0 Å². The first kappa shape index (κ1) is 53.9. The van der Waals surface area contributed by atoms with E-state index in [1.807, 2.05) is 90.0 Å². The van der Waals surface area contributed by atoms with Crippen LogP contribution in [0.5, 0.6) is 0 Å². The summed E-state index contributed by atoms with van der Waals surface area (Å²) in [7, 11) is 5.32. The van der Waals surface area contributed by atoms with Crippen molar-refractivity contribution in [2.24, 2.45) is 23.7 Å². The van der Waals surface area contributed by atoms with Gasteiger partial charge < -0.3 is 57.7 Å². The highest BCUT2D eigenvalue weighted by Gasteiger charge is 2.55. The van der Waals surface area contributed by atoms with Crippen LogP contribution in [0, 0.1) is 23.7 Å². The summed E-state index contributed by atoms with van der Waals surface area (Å²) >= 11 is 0. The van der Waals surface area contributed by atoms with Crippen molar-refractivity contribution in [3.05, 3.63) is 47.7 Å². The molecule has 2 unspecified atom stereocenters. The van der Waals surface area contributed by atoms with Crippen molar-refractivity contribution in [3.8, 4) is 0 Å². The smallest absolute Gasteiger partial charge is 0.311 e. The average molecular weight is 955 g/mol. The Morgan fingerprint density at radius 1 is 0.971 bits per heavy atom. The van der Waals surface area contributed by atoms with Gasteiger partial charge in [0.05, 0.1) is 60.8 Å². The predicted molar refractivity (Wildman–Crippen MR) is 253 cm³/mol. The number of carbonyl (C=O) groups excluding carboxylic acids is 3. The first-order valence-electron chi connectivity index (χ1n) is 24.4. The second kappa shape index (κ2) is 21.9. The van der Waals surface area contributed by atoms with Gasteiger partial charge >= 0.3 is 11.9 Å². The third-order valence-electron chi connectivity index (χ3n) is 15.0. The van der Waals surface area contributed by atoms with E-state index < -0.39 is 108 Å². The molecule has 1 aromatic carbocycles. The van der Waals surface area contributed by atoms with E-state index in [1.165, 1.54) is 14.0 Å². The maximum Gasteiger partial charge on any atom is 0.311 e. The van der Waals surface area contributed by atoms with Gasteiger partial charge in [0.15, 0.2) is 18.7 Å². The molecule has 18 atom stereocenters. The van der Waals surface area contributed by atoms with Crippen molar-refractivity contribution < 1.29 is 67.2 Å². The van der Waals surface area contributed by atoms with Crippen LogP contribution in [0.3, 0.4) is 0 Å². The van der Waals surface area contributed by atoms with Crippen LogP contribution >= 0.6 is 0 Å². The third-order valence-corrected chi connectivity index (χ3v) is 15.0. The quantitative estimate of drug-likeness (QED) is 0.276. The minimum absolute atomic E-state index is 0.00837. The first-order chi connectivity index (χ1) is 31.9. The molecule has 1 aromatic heterocycles. The monoisotopic (exact) mass is 955 g/mol. The molecule has 2 aromatic rings. The number of rotatable bonds is 9. The van der Waals surface area contributed by atoms with Gasteiger partial charge in [-0.3, -0.25) is 19.4 Å². The number of nitrogens with zero attached hydrogens (tertiary/aromatic N) is 2. The second-order valence-electron chi connectivity index (χ2n) is 20.9. The van der Waals surface area contributed by atoms with Crippen LogP contribution in [0.15, 0.2) is 42.1 Å². The molecule has 380 valence electrons. The number of pyridine rings is 1. The molecule has 2 bridgehead atoms. The molecular formula is C52H78N2O14. The zero-order chi connectivity index (χ0) is 50.0. The van der Waals surface area contributed by atoms with Crippen molar-refractivity contribution >= 4 is 34.7 Å². The number of likely N-dealkylation sites (N-methyl/N-ethyl adjacent to an activating group) is 1. The average Bonchev–Trinajstić information content (AvgIpc) is 3.29. The SMILES string of the molecule is CC[C@H]1OC(=O)[C@H](C)[C@@H](OC2C[C@@](C)(OC)[C@@H](OC(C)=O)[C@H](C)O2)[C@H](C)[C@@H](O[C@@H]2O[C@H](C)C[C@H](N(C)C)C2O)[C@@]2(C)C[C@@H](C)C(=O)[C@H](C)[C@@H](OC/C(=C\c3cnc4ccccc4c3)CO2)[C@]1(C)O. The number of esters is 2. The van der Waals surface area contributed by atoms with Gasteiger partial charge in [0.2, 0.25) is 0 Å². The van der Waals surface area contributed by atoms with E-state index in [9.17, 15) is 24.6 Å². The third kappa shape index (κ3) is 11.7. The summed E-state index contributed by atoms with van der Waals surface area (Å²) in [6, 6.07) is 9.51. The van der Waals surface area contributed by atoms with E-state index in [-0.39, 0.29) is 50.4 Å². The molecule has 6 rings (SSSR count). The lowest BCUT2D eigenvalue weighted by Crippen LogP contribution is -2.62. The molecule has 4 saturated heterocycles. The lowest BCUT2D eigenvalue weighted by molar-refractivity contribution is -0.320. The molecule has 0 saturated carbocycles. The summed E-state index contributed by atoms with van der Waals surface area (Å²) in [6.45, 7) is 19.2. The van der Waals surface area contributed by atoms with Gasteiger partial charge in [-0.2, -0.15) is 0 Å². The molecule has 68 heavy (non-hydrogen) atoms. The van der Waals surface area contributed by atoms with Crippen LogP contribution in [-0.2, 0) is 57.0 Å². The number of ketones is 1. The minimum Gasteiger partial charge on any atom is -0.459 e. The number of aliphatic hydroxyl groups excluding tert-OH is 1. The van der Waals surface area contributed by atoms with Gasteiger partial charge in [0.25, 0.3) is 0 Å². The van der Waals surface area contributed by atoms with E-state index in [0.29, 0.717) is 12.0 Å².